The molecular weight excluding hydrogens is 329 g/mol. The van der Waals surface area contributed by atoms with Gasteiger partial charge in [-0.15, -0.1) is 0 Å². The van der Waals surface area contributed by atoms with E-state index in [4.69, 9.17) is 23.2 Å². The van der Waals surface area contributed by atoms with Gasteiger partial charge in [0.1, 0.15) is 0 Å². The zero-order valence-electron chi connectivity index (χ0n) is 12.8. The van der Waals surface area contributed by atoms with Crippen molar-refractivity contribution < 1.29 is 0 Å². The molecule has 1 heterocycles. The Labute approximate surface area is 147 Å². The predicted molar refractivity (Wildman–Crippen MR) is 97.3 cm³/mol. The van der Waals surface area contributed by atoms with Crippen LogP contribution in [0.3, 0.4) is 0 Å². The average Bonchev–Trinajstić information content (AvgIpc) is 2.58. The second-order valence-corrected chi connectivity index (χ2v) is 6.47. The van der Waals surface area contributed by atoms with Crippen molar-refractivity contribution in [3.8, 4) is 0 Å². The van der Waals surface area contributed by atoms with E-state index in [0.29, 0.717) is 0 Å². The standard InChI is InChI=1S/C18H19Cl2N3/c19-17-7-5-15(6-8-17)14-22-9-11-23(12-10-22)21-13-16-3-1-2-4-18(16)20/h1-8,13H,9-12,14H2. The maximum absolute atomic E-state index is 6.14. The molecule has 0 aromatic heterocycles. The molecule has 5 heteroatoms. The monoisotopic (exact) mass is 347 g/mol. The number of piperazine rings is 1. The van der Waals surface area contributed by atoms with Gasteiger partial charge in [-0.05, 0) is 23.8 Å². The molecule has 0 atom stereocenters. The molecule has 0 spiro atoms. The molecule has 120 valence electrons. The smallest absolute Gasteiger partial charge is 0.0557 e. The van der Waals surface area contributed by atoms with Gasteiger partial charge < -0.3 is 0 Å². The molecule has 3 rings (SSSR count). The molecule has 2 aromatic rings. The van der Waals surface area contributed by atoms with Gasteiger partial charge in [0, 0.05) is 48.3 Å². The molecule has 1 saturated heterocycles. The summed E-state index contributed by atoms with van der Waals surface area (Å²) in [6.45, 7) is 4.81. The van der Waals surface area contributed by atoms with Crippen LogP contribution in [0, 0.1) is 0 Å². The van der Waals surface area contributed by atoms with Crippen LogP contribution in [0.25, 0.3) is 0 Å². The molecule has 3 nitrogen and oxygen atoms in total. The minimum absolute atomic E-state index is 0.734. The predicted octanol–water partition coefficient (Wildman–Crippen LogP) is 4.15. The zero-order chi connectivity index (χ0) is 16.1. The van der Waals surface area contributed by atoms with E-state index in [9.17, 15) is 0 Å². The van der Waals surface area contributed by atoms with Crippen LogP contribution in [-0.2, 0) is 6.54 Å². The summed E-state index contributed by atoms with van der Waals surface area (Å²) in [5, 5.41) is 8.16. The minimum Gasteiger partial charge on any atom is -0.295 e. The summed E-state index contributed by atoms with van der Waals surface area (Å²) in [7, 11) is 0. The highest BCUT2D eigenvalue weighted by Crippen LogP contribution is 2.14. The van der Waals surface area contributed by atoms with E-state index >= 15 is 0 Å². The number of halogens is 2. The van der Waals surface area contributed by atoms with Crippen molar-refractivity contribution in [1.82, 2.24) is 9.91 Å². The lowest BCUT2D eigenvalue weighted by Gasteiger charge is -2.33. The Morgan fingerprint density at radius 1 is 0.913 bits per heavy atom. The van der Waals surface area contributed by atoms with Gasteiger partial charge in [0.15, 0.2) is 0 Å². The number of nitrogens with zero attached hydrogens (tertiary/aromatic N) is 3. The summed E-state index contributed by atoms with van der Waals surface area (Å²) in [6, 6.07) is 15.8. The van der Waals surface area contributed by atoms with Gasteiger partial charge in [0.25, 0.3) is 0 Å². The molecule has 2 aromatic carbocycles. The van der Waals surface area contributed by atoms with E-state index in [1.165, 1.54) is 5.56 Å². The maximum atomic E-state index is 6.14. The number of hydrogen-bond donors (Lipinski definition) is 0. The third-order valence-corrected chi connectivity index (χ3v) is 4.53. The maximum Gasteiger partial charge on any atom is 0.0557 e. The Balaban J connectivity index is 1.50. The van der Waals surface area contributed by atoms with E-state index in [0.717, 1.165) is 48.3 Å². The van der Waals surface area contributed by atoms with Crippen LogP contribution in [0.4, 0.5) is 0 Å². The first-order valence-electron chi connectivity index (χ1n) is 7.71. The summed E-state index contributed by atoms with van der Waals surface area (Å²) >= 11 is 12.1. The lowest BCUT2D eigenvalue weighted by molar-refractivity contribution is 0.131. The second kappa shape index (κ2) is 7.82. The van der Waals surface area contributed by atoms with E-state index in [2.05, 4.69) is 27.1 Å². The van der Waals surface area contributed by atoms with Crippen molar-refractivity contribution in [1.29, 1.82) is 0 Å². The molecule has 0 radical (unpaired) electrons. The van der Waals surface area contributed by atoms with Crippen molar-refractivity contribution in [2.24, 2.45) is 5.10 Å². The van der Waals surface area contributed by atoms with Crippen molar-refractivity contribution in [3.05, 3.63) is 69.7 Å². The summed E-state index contributed by atoms with van der Waals surface area (Å²) in [4.78, 5) is 2.44. The van der Waals surface area contributed by atoms with Gasteiger partial charge in [-0.3, -0.25) is 9.91 Å². The Morgan fingerprint density at radius 3 is 2.30 bits per heavy atom. The molecule has 0 aliphatic carbocycles. The largest absolute Gasteiger partial charge is 0.295 e. The highest BCUT2D eigenvalue weighted by atomic mass is 35.5. The zero-order valence-corrected chi connectivity index (χ0v) is 14.3. The van der Waals surface area contributed by atoms with Crippen molar-refractivity contribution in [3.63, 3.8) is 0 Å². The van der Waals surface area contributed by atoms with Crippen LogP contribution < -0.4 is 0 Å². The van der Waals surface area contributed by atoms with Crippen LogP contribution in [0.15, 0.2) is 53.6 Å². The van der Waals surface area contributed by atoms with E-state index in [1.54, 1.807) is 0 Å². The highest BCUT2D eigenvalue weighted by molar-refractivity contribution is 6.33. The van der Waals surface area contributed by atoms with Crippen LogP contribution in [-0.4, -0.2) is 42.3 Å². The fourth-order valence-corrected chi connectivity index (χ4v) is 2.89. The quantitative estimate of drug-likeness (QED) is 0.773. The molecule has 0 N–H and O–H groups in total. The first-order chi connectivity index (χ1) is 11.2. The Bertz CT molecular complexity index is 662. The van der Waals surface area contributed by atoms with Crippen LogP contribution in [0.5, 0.6) is 0 Å². The Hall–Kier alpha value is -1.55. The third-order valence-electron chi connectivity index (χ3n) is 3.93. The normalized spacial score (nSPS) is 16.2. The molecule has 23 heavy (non-hydrogen) atoms. The number of rotatable bonds is 4. The van der Waals surface area contributed by atoms with Crippen LogP contribution in [0.1, 0.15) is 11.1 Å². The molecular formula is C18H19Cl2N3. The highest BCUT2D eigenvalue weighted by Gasteiger charge is 2.15. The summed E-state index contributed by atoms with van der Waals surface area (Å²) in [5.41, 5.74) is 2.25. The molecule has 1 fully saturated rings. The first-order valence-corrected chi connectivity index (χ1v) is 8.46. The van der Waals surface area contributed by atoms with E-state index in [1.807, 2.05) is 42.6 Å². The average molecular weight is 348 g/mol. The number of hydrogen-bond acceptors (Lipinski definition) is 3. The second-order valence-electron chi connectivity index (χ2n) is 5.62. The molecule has 0 bridgehead atoms. The van der Waals surface area contributed by atoms with Gasteiger partial charge in [-0.25, -0.2) is 0 Å². The first kappa shape index (κ1) is 16.3. The topological polar surface area (TPSA) is 18.8 Å². The molecule has 0 amide bonds. The lowest BCUT2D eigenvalue weighted by Crippen LogP contribution is -2.43. The summed E-state index contributed by atoms with van der Waals surface area (Å²) in [6.07, 6.45) is 1.84. The van der Waals surface area contributed by atoms with Crippen molar-refractivity contribution in [2.75, 3.05) is 26.2 Å². The summed E-state index contributed by atoms with van der Waals surface area (Å²) < 4.78 is 0. The van der Waals surface area contributed by atoms with Gasteiger partial charge in [-0.2, -0.15) is 5.10 Å². The SMILES string of the molecule is Clc1ccc(CN2CCN(N=Cc3ccccc3Cl)CC2)cc1. The van der Waals surface area contributed by atoms with E-state index < -0.39 is 0 Å². The molecule has 0 saturated carbocycles. The molecule has 1 aliphatic heterocycles. The lowest BCUT2D eigenvalue weighted by atomic mass is 10.2. The summed E-state index contributed by atoms with van der Waals surface area (Å²) in [5.74, 6) is 0. The van der Waals surface area contributed by atoms with Gasteiger partial charge >= 0.3 is 0 Å². The number of benzene rings is 2. The van der Waals surface area contributed by atoms with Gasteiger partial charge in [0.2, 0.25) is 0 Å². The van der Waals surface area contributed by atoms with Gasteiger partial charge in [-0.1, -0.05) is 53.5 Å². The van der Waals surface area contributed by atoms with E-state index in [-0.39, 0.29) is 0 Å². The number of hydrazone groups is 1. The Kier molecular flexibility index (Phi) is 5.55. The van der Waals surface area contributed by atoms with Crippen molar-refractivity contribution >= 4 is 29.4 Å². The van der Waals surface area contributed by atoms with Crippen LogP contribution >= 0.6 is 23.2 Å². The fraction of sp³-hybridized carbons (Fsp3) is 0.278. The van der Waals surface area contributed by atoms with Crippen LogP contribution in [0.2, 0.25) is 10.0 Å². The van der Waals surface area contributed by atoms with Crippen molar-refractivity contribution in [2.45, 2.75) is 6.54 Å². The van der Waals surface area contributed by atoms with Gasteiger partial charge in [0.05, 0.1) is 6.21 Å². The molecule has 1 aliphatic rings. The minimum atomic E-state index is 0.734. The fourth-order valence-electron chi connectivity index (χ4n) is 2.58. The Morgan fingerprint density at radius 2 is 1.61 bits per heavy atom. The third kappa shape index (κ3) is 4.71. The molecule has 0 unspecified atom stereocenters.